The first-order valence-electron chi connectivity index (χ1n) is 4.69. The van der Waals surface area contributed by atoms with Gasteiger partial charge in [0, 0.05) is 30.9 Å². The Labute approximate surface area is 82.6 Å². The fourth-order valence-corrected chi connectivity index (χ4v) is 2.29. The summed E-state index contributed by atoms with van der Waals surface area (Å²) in [6.45, 7) is 3.33. The molecule has 1 fully saturated rings. The second-order valence-electron chi connectivity index (χ2n) is 3.58. The van der Waals surface area contributed by atoms with Crippen molar-refractivity contribution in [1.29, 1.82) is 0 Å². The fourth-order valence-electron chi connectivity index (χ4n) is 1.70. The molecule has 0 saturated carbocycles. The molecule has 1 aliphatic heterocycles. The van der Waals surface area contributed by atoms with Crippen molar-refractivity contribution in [1.82, 2.24) is 9.88 Å². The van der Waals surface area contributed by atoms with Crippen molar-refractivity contribution in [3.63, 3.8) is 0 Å². The van der Waals surface area contributed by atoms with Crippen molar-refractivity contribution < 1.29 is 0 Å². The van der Waals surface area contributed by atoms with Crippen molar-refractivity contribution in [2.75, 3.05) is 19.6 Å². The minimum absolute atomic E-state index is 0.399. The molecule has 1 saturated heterocycles. The van der Waals surface area contributed by atoms with Gasteiger partial charge in [-0.1, -0.05) is 0 Å². The Morgan fingerprint density at radius 3 is 3.23 bits per heavy atom. The molecule has 72 valence electrons. The Hall–Kier alpha value is -0.450. The van der Waals surface area contributed by atoms with Gasteiger partial charge in [0.25, 0.3) is 0 Å². The maximum atomic E-state index is 5.82. The maximum absolute atomic E-state index is 5.82. The smallest absolute Gasteiger partial charge is 0.0794 e. The highest BCUT2D eigenvalue weighted by Gasteiger charge is 2.18. The van der Waals surface area contributed by atoms with Gasteiger partial charge in [-0.2, -0.15) is 0 Å². The predicted octanol–water partition coefficient (Wildman–Crippen LogP) is 0.719. The third-order valence-corrected chi connectivity index (χ3v) is 3.11. The molecule has 1 aromatic heterocycles. The minimum atomic E-state index is 0.399. The molecule has 2 N–H and O–H groups in total. The number of thiazole rings is 1. The van der Waals surface area contributed by atoms with Crippen LogP contribution in [0.5, 0.6) is 0 Å². The van der Waals surface area contributed by atoms with Gasteiger partial charge in [-0.25, -0.2) is 4.98 Å². The molecule has 4 heteroatoms. The topological polar surface area (TPSA) is 42.1 Å². The zero-order valence-corrected chi connectivity index (χ0v) is 8.46. The first-order chi connectivity index (χ1) is 6.34. The monoisotopic (exact) mass is 197 g/mol. The first-order valence-corrected chi connectivity index (χ1v) is 5.64. The molecule has 1 aromatic rings. The summed E-state index contributed by atoms with van der Waals surface area (Å²) in [4.78, 5) is 6.68. The van der Waals surface area contributed by atoms with Gasteiger partial charge in [0.1, 0.15) is 0 Å². The van der Waals surface area contributed by atoms with E-state index in [1.54, 1.807) is 11.3 Å². The molecule has 0 bridgehead atoms. The van der Waals surface area contributed by atoms with E-state index in [1.807, 2.05) is 5.51 Å². The highest BCUT2D eigenvalue weighted by Crippen LogP contribution is 2.08. The summed E-state index contributed by atoms with van der Waals surface area (Å²) in [5, 5.41) is 2.12. The molecule has 0 spiro atoms. The van der Waals surface area contributed by atoms with Crippen LogP contribution in [0.15, 0.2) is 10.9 Å². The molecule has 1 atom stereocenters. The lowest BCUT2D eigenvalue weighted by Gasteiger charge is -2.13. The number of hydrogen-bond acceptors (Lipinski definition) is 4. The summed E-state index contributed by atoms with van der Waals surface area (Å²) >= 11 is 1.67. The van der Waals surface area contributed by atoms with Crippen LogP contribution in [0, 0.1) is 0 Å². The number of nitrogens with two attached hydrogens (primary N) is 1. The van der Waals surface area contributed by atoms with Gasteiger partial charge in [-0.15, -0.1) is 11.3 Å². The SMILES string of the molecule is NC1CCN(CCc2cscn2)C1. The van der Waals surface area contributed by atoms with Crippen molar-refractivity contribution in [2.45, 2.75) is 18.9 Å². The minimum Gasteiger partial charge on any atom is -0.326 e. The van der Waals surface area contributed by atoms with Crippen LogP contribution in [0.25, 0.3) is 0 Å². The molecular formula is C9H15N3S. The van der Waals surface area contributed by atoms with Crippen LogP contribution in [0.1, 0.15) is 12.1 Å². The summed E-state index contributed by atoms with van der Waals surface area (Å²) < 4.78 is 0. The van der Waals surface area contributed by atoms with E-state index in [2.05, 4.69) is 15.3 Å². The van der Waals surface area contributed by atoms with E-state index in [0.717, 1.165) is 32.5 Å². The summed E-state index contributed by atoms with van der Waals surface area (Å²) in [7, 11) is 0. The Kier molecular flexibility index (Phi) is 2.93. The van der Waals surface area contributed by atoms with Crippen LogP contribution in [-0.4, -0.2) is 35.6 Å². The second kappa shape index (κ2) is 4.17. The zero-order valence-electron chi connectivity index (χ0n) is 7.65. The van der Waals surface area contributed by atoms with Crippen molar-refractivity contribution in [3.05, 3.63) is 16.6 Å². The molecule has 13 heavy (non-hydrogen) atoms. The van der Waals surface area contributed by atoms with Crippen LogP contribution in [-0.2, 0) is 6.42 Å². The maximum Gasteiger partial charge on any atom is 0.0794 e. The van der Waals surface area contributed by atoms with Gasteiger partial charge in [-0.05, 0) is 13.0 Å². The van der Waals surface area contributed by atoms with E-state index < -0.39 is 0 Å². The third-order valence-electron chi connectivity index (χ3n) is 2.48. The van der Waals surface area contributed by atoms with Crippen LogP contribution >= 0.6 is 11.3 Å². The largest absolute Gasteiger partial charge is 0.326 e. The van der Waals surface area contributed by atoms with Crippen LogP contribution < -0.4 is 5.73 Å². The fraction of sp³-hybridized carbons (Fsp3) is 0.667. The van der Waals surface area contributed by atoms with Crippen molar-refractivity contribution in [2.24, 2.45) is 5.73 Å². The number of aromatic nitrogens is 1. The Morgan fingerprint density at radius 1 is 1.69 bits per heavy atom. The first kappa shape index (κ1) is 9.12. The van der Waals surface area contributed by atoms with Gasteiger partial charge in [-0.3, -0.25) is 0 Å². The van der Waals surface area contributed by atoms with Gasteiger partial charge in [0.05, 0.1) is 11.2 Å². The number of likely N-dealkylation sites (tertiary alicyclic amines) is 1. The van der Waals surface area contributed by atoms with Gasteiger partial charge in [0.15, 0.2) is 0 Å². The molecule has 1 aliphatic rings. The highest BCUT2D eigenvalue weighted by atomic mass is 32.1. The molecule has 0 amide bonds. The third kappa shape index (κ3) is 2.49. The van der Waals surface area contributed by atoms with Crippen LogP contribution in [0.2, 0.25) is 0 Å². The number of nitrogens with zero attached hydrogens (tertiary/aromatic N) is 2. The quantitative estimate of drug-likeness (QED) is 0.776. The summed E-state index contributed by atoms with van der Waals surface area (Å²) in [5.74, 6) is 0. The van der Waals surface area contributed by atoms with E-state index in [0.29, 0.717) is 6.04 Å². The average Bonchev–Trinajstić information content (AvgIpc) is 2.71. The summed E-state index contributed by atoms with van der Waals surface area (Å²) in [6, 6.07) is 0.399. The summed E-state index contributed by atoms with van der Waals surface area (Å²) in [6.07, 6.45) is 2.22. The highest BCUT2D eigenvalue weighted by molar-refractivity contribution is 7.07. The summed E-state index contributed by atoms with van der Waals surface area (Å²) in [5.41, 5.74) is 8.93. The van der Waals surface area contributed by atoms with E-state index >= 15 is 0 Å². The number of rotatable bonds is 3. The molecule has 3 nitrogen and oxygen atoms in total. The normalized spacial score (nSPS) is 23.9. The standard InChI is InChI=1S/C9H15N3S/c10-8-1-3-12(5-8)4-2-9-6-13-7-11-9/h6-8H,1-5,10H2. The molecular weight excluding hydrogens is 182 g/mol. The molecule has 1 unspecified atom stereocenters. The average molecular weight is 197 g/mol. The van der Waals surface area contributed by atoms with Crippen molar-refractivity contribution in [3.8, 4) is 0 Å². The van der Waals surface area contributed by atoms with E-state index in [4.69, 9.17) is 5.73 Å². The second-order valence-corrected chi connectivity index (χ2v) is 4.30. The van der Waals surface area contributed by atoms with Gasteiger partial charge >= 0.3 is 0 Å². The molecule has 2 heterocycles. The Morgan fingerprint density at radius 2 is 2.62 bits per heavy atom. The van der Waals surface area contributed by atoms with Crippen molar-refractivity contribution >= 4 is 11.3 Å². The lowest BCUT2D eigenvalue weighted by Crippen LogP contribution is -2.28. The zero-order chi connectivity index (χ0) is 9.10. The number of hydrogen-bond donors (Lipinski definition) is 1. The molecule has 2 rings (SSSR count). The molecule has 0 aromatic carbocycles. The van der Waals surface area contributed by atoms with E-state index in [1.165, 1.54) is 5.69 Å². The molecule has 0 aliphatic carbocycles. The van der Waals surface area contributed by atoms with E-state index in [9.17, 15) is 0 Å². The lowest BCUT2D eigenvalue weighted by atomic mass is 10.3. The van der Waals surface area contributed by atoms with Gasteiger partial charge in [0.2, 0.25) is 0 Å². The van der Waals surface area contributed by atoms with E-state index in [-0.39, 0.29) is 0 Å². The van der Waals surface area contributed by atoms with Crippen LogP contribution in [0.4, 0.5) is 0 Å². The van der Waals surface area contributed by atoms with Gasteiger partial charge < -0.3 is 10.6 Å². The Bertz CT molecular complexity index is 247. The molecule has 0 radical (unpaired) electrons. The predicted molar refractivity (Wildman–Crippen MR) is 54.9 cm³/mol. The van der Waals surface area contributed by atoms with Crippen LogP contribution in [0.3, 0.4) is 0 Å². The lowest BCUT2D eigenvalue weighted by molar-refractivity contribution is 0.338. The Balaban J connectivity index is 1.74.